The van der Waals surface area contributed by atoms with Crippen molar-refractivity contribution in [1.29, 1.82) is 0 Å². The molecule has 4 nitrogen and oxygen atoms in total. The molecule has 0 aromatic carbocycles. The fraction of sp³-hybridized carbons (Fsp3) is 0.923. The van der Waals surface area contributed by atoms with E-state index in [0.717, 1.165) is 25.8 Å². The number of carbonyl (C=O) groups excluding carboxylic acids is 1. The zero-order valence-electron chi connectivity index (χ0n) is 11.3. The van der Waals surface area contributed by atoms with Gasteiger partial charge in [-0.05, 0) is 25.7 Å². The molecule has 0 spiro atoms. The first-order chi connectivity index (χ1) is 8.10. The Kier molecular flexibility index (Phi) is 5.92. The summed E-state index contributed by atoms with van der Waals surface area (Å²) in [5.74, 6) is 0.213. The third-order valence-electron chi connectivity index (χ3n) is 3.38. The Morgan fingerprint density at radius 2 is 2.24 bits per heavy atom. The fourth-order valence-electron chi connectivity index (χ4n) is 2.55. The number of amides is 1. The normalized spacial score (nSPS) is 23.2. The summed E-state index contributed by atoms with van der Waals surface area (Å²) in [6.07, 6.45) is 3.60. The summed E-state index contributed by atoms with van der Waals surface area (Å²) in [4.78, 5) is 14.3. The average molecular weight is 242 g/mol. The number of carbonyl (C=O) groups is 1. The molecule has 1 aliphatic rings. The lowest BCUT2D eigenvalue weighted by molar-refractivity contribution is -0.139. The van der Waals surface area contributed by atoms with E-state index in [2.05, 4.69) is 26.1 Å². The van der Waals surface area contributed by atoms with Crippen LogP contribution in [0.25, 0.3) is 0 Å². The molecule has 0 aromatic heterocycles. The van der Waals surface area contributed by atoms with Gasteiger partial charge in [-0.2, -0.15) is 0 Å². The van der Waals surface area contributed by atoms with Crippen LogP contribution in [0.1, 0.15) is 46.5 Å². The quantitative estimate of drug-likeness (QED) is 0.734. The Labute approximate surface area is 104 Å². The van der Waals surface area contributed by atoms with E-state index in [9.17, 15) is 4.79 Å². The average Bonchev–Trinajstić information content (AvgIpc) is 2.29. The molecule has 1 aliphatic heterocycles. The van der Waals surface area contributed by atoms with Gasteiger partial charge in [0, 0.05) is 25.2 Å². The van der Waals surface area contributed by atoms with Crippen LogP contribution in [-0.4, -0.2) is 47.2 Å². The molecule has 2 N–H and O–H groups in total. The Morgan fingerprint density at radius 3 is 2.76 bits per heavy atom. The number of rotatable bonds is 6. The predicted octanol–water partition coefficient (Wildman–Crippen LogP) is 1.14. The Bertz CT molecular complexity index is 244. The van der Waals surface area contributed by atoms with Gasteiger partial charge in [0.25, 0.3) is 0 Å². The summed E-state index contributed by atoms with van der Waals surface area (Å²) >= 11 is 0. The van der Waals surface area contributed by atoms with E-state index in [1.54, 1.807) is 0 Å². The van der Waals surface area contributed by atoms with E-state index < -0.39 is 0 Å². The van der Waals surface area contributed by atoms with Crippen LogP contribution in [0.2, 0.25) is 0 Å². The molecule has 100 valence electrons. The second-order valence-corrected chi connectivity index (χ2v) is 5.12. The first-order valence-corrected chi connectivity index (χ1v) is 6.77. The summed E-state index contributed by atoms with van der Waals surface area (Å²) in [7, 11) is 0. The summed E-state index contributed by atoms with van der Waals surface area (Å²) in [5, 5.41) is 12.4. The third-order valence-corrected chi connectivity index (χ3v) is 3.38. The van der Waals surface area contributed by atoms with E-state index in [1.165, 1.54) is 0 Å². The summed E-state index contributed by atoms with van der Waals surface area (Å²) in [6, 6.07) is 0.502. The van der Waals surface area contributed by atoms with Crippen LogP contribution < -0.4 is 5.32 Å². The molecule has 1 rings (SSSR count). The van der Waals surface area contributed by atoms with Gasteiger partial charge in [0.15, 0.2) is 0 Å². The molecule has 2 atom stereocenters. The van der Waals surface area contributed by atoms with E-state index in [4.69, 9.17) is 5.11 Å². The molecule has 1 amide bonds. The monoisotopic (exact) mass is 242 g/mol. The van der Waals surface area contributed by atoms with E-state index in [-0.39, 0.29) is 24.6 Å². The number of aliphatic hydroxyl groups is 1. The fourth-order valence-corrected chi connectivity index (χ4v) is 2.55. The van der Waals surface area contributed by atoms with Crippen molar-refractivity contribution in [3.8, 4) is 0 Å². The lowest BCUT2D eigenvalue weighted by atomic mass is 9.99. The minimum absolute atomic E-state index is 0.0310. The lowest BCUT2D eigenvalue weighted by Gasteiger charge is -2.38. The zero-order chi connectivity index (χ0) is 12.8. The highest BCUT2D eigenvalue weighted by Crippen LogP contribution is 2.18. The number of hydrogen-bond donors (Lipinski definition) is 2. The van der Waals surface area contributed by atoms with Crippen molar-refractivity contribution >= 4 is 5.91 Å². The number of nitrogens with one attached hydrogen (secondary N) is 1. The Hall–Kier alpha value is -0.610. The molecular weight excluding hydrogens is 216 g/mol. The predicted molar refractivity (Wildman–Crippen MR) is 68.8 cm³/mol. The summed E-state index contributed by atoms with van der Waals surface area (Å²) in [5.41, 5.74) is 0. The molecule has 1 heterocycles. The van der Waals surface area contributed by atoms with E-state index in [0.29, 0.717) is 12.5 Å². The van der Waals surface area contributed by atoms with Crippen LogP contribution in [0.15, 0.2) is 0 Å². The van der Waals surface area contributed by atoms with Gasteiger partial charge in [-0.1, -0.05) is 20.8 Å². The molecule has 4 heteroatoms. The summed E-state index contributed by atoms with van der Waals surface area (Å²) in [6.45, 7) is 7.21. The minimum Gasteiger partial charge on any atom is -0.396 e. The van der Waals surface area contributed by atoms with Crippen LogP contribution >= 0.6 is 0 Å². The van der Waals surface area contributed by atoms with Gasteiger partial charge in [0.2, 0.25) is 5.91 Å². The molecular formula is C13H26N2O2. The molecule has 0 aromatic rings. The maximum Gasteiger partial charge on any atom is 0.239 e. The highest BCUT2D eigenvalue weighted by molar-refractivity contribution is 5.83. The number of likely N-dealkylation sites (tertiary alicyclic amines) is 1. The van der Waals surface area contributed by atoms with Gasteiger partial charge in [0.05, 0.1) is 6.04 Å². The Balaban J connectivity index is 2.63. The molecule has 1 saturated heterocycles. The number of aliphatic hydroxyl groups excluding tert-OH is 1. The van der Waals surface area contributed by atoms with Gasteiger partial charge in [0.1, 0.15) is 0 Å². The first-order valence-electron chi connectivity index (χ1n) is 6.77. The molecule has 1 fully saturated rings. The van der Waals surface area contributed by atoms with Gasteiger partial charge in [-0.15, -0.1) is 0 Å². The van der Waals surface area contributed by atoms with Crippen LogP contribution in [0.3, 0.4) is 0 Å². The third kappa shape index (κ3) is 3.96. The topological polar surface area (TPSA) is 52.6 Å². The smallest absolute Gasteiger partial charge is 0.239 e. The standard InChI is InChI=1S/C13H26N2O2/c1-4-11(7-9-16)15-8-5-6-12(13(15)17)14-10(2)3/h10-12,14,16H,4-9H2,1-3H3. The highest BCUT2D eigenvalue weighted by atomic mass is 16.3. The molecule has 17 heavy (non-hydrogen) atoms. The van der Waals surface area contributed by atoms with Crippen molar-refractivity contribution in [3.63, 3.8) is 0 Å². The first kappa shape index (κ1) is 14.5. The van der Waals surface area contributed by atoms with Gasteiger partial charge in [-0.3, -0.25) is 4.79 Å². The maximum absolute atomic E-state index is 12.3. The highest BCUT2D eigenvalue weighted by Gasteiger charge is 2.32. The van der Waals surface area contributed by atoms with Crippen molar-refractivity contribution in [2.45, 2.75) is 64.6 Å². The van der Waals surface area contributed by atoms with E-state index >= 15 is 0 Å². The van der Waals surface area contributed by atoms with Crippen LogP contribution in [-0.2, 0) is 4.79 Å². The maximum atomic E-state index is 12.3. The van der Waals surface area contributed by atoms with Crippen LogP contribution in [0, 0.1) is 0 Å². The molecule has 0 aliphatic carbocycles. The van der Waals surface area contributed by atoms with Crippen molar-refractivity contribution in [2.24, 2.45) is 0 Å². The second-order valence-electron chi connectivity index (χ2n) is 5.12. The van der Waals surface area contributed by atoms with Gasteiger partial charge in [-0.25, -0.2) is 0 Å². The lowest BCUT2D eigenvalue weighted by Crippen LogP contribution is -2.55. The second kappa shape index (κ2) is 6.97. The number of hydrogen-bond acceptors (Lipinski definition) is 3. The van der Waals surface area contributed by atoms with Crippen LogP contribution in [0.4, 0.5) is 0 Å². The minimum atomic E-state index is -0.0310. The van der Waals surface area contributed by atoms with Gasteiger partial charge >= 0.3 is 0 Å². The van der Waals surface area contributed by atoms with Crippen molar-refractivity contribution < 1.29 is 9.90 Å². The number of nitrogens with zero attached hydrogens (tertiary/aromatic N) is 1. The van der Waals surface area contributed by atoms with Crippen molar-refractivity contribution in [2.75, 3.05) is 13.2 Å². The SMILES string of the molecule is CCC(CCO)N1CCCC(NC(C)C)C1=O. The van der Waals surface area contributed by atoms with Crippen molar-refractivity contribution in [3.05, 3.63) is 0 Å². The largest absolute Gasteiger partial charge is 0.396 e. The van der Waals surface area contributed by atoms with Crippen molar-refractivity contribution in [1.82, 2.24) is 10.2 Å². The zero-order valence-corrected chi connectivity index (χ0v) is 11.3. The molecule has 0 radical (unpaired) electrons. The van der Waals surface area contributed by atoms with Crippen LogP contribution in [0.5, 0.6) is 0 Å². The molecule has 0 saturated carbocycles. The van der Waals surface area contributed by atoms with Gasteiger partial charge < -0.3 is 15.3 Å². The molecule has 0 bridgehead atoms. The van der Waals surface area contributed by atoms with E-state index in [1.807, 2.05) is 4.90 Å². The summed E-state index contributed by atoms with van der Waals surface area (Å²) < 4.78 is 0. The number of piperidine rings is 1. The molecule has 2 unspecified atom stereocenters. The Morgan fingerprint density at radius 1 is 1.53 bits per heavy atom.